The third-order valence-electron chi connectivity index (χ3n) is 5.49. The maximum absolute atomic E-state index is 13.5. The van der Waals surface area contributed by atoms with Crippen LogP contribution in [0.4, 0.5) is 4.39 Å². The molecule has 0 radical (unpaired) electrons. The molecule has 32 heavy (non-hydrogen) atoms. The van der Waals surface area contributed by atoms with Gasteiger partial charge in [-0.3, -0.25) is 9.59 Å². The van der Waals surface area contributed by atoms with Crippen molar-refractivity contribution in [3.05, 3.63) is 93.4 Å². The van der Waals surface area contributed by atoms with Gasteiger partial charge in [-0.15, -0.1) is 11.3 Å². The van der Waals surface area contributed by atoms with Crippen LogP contribution < -0.4 is 0 Å². The average Bonchev–Trinajstić information content (AvgIpc) is 3.21. The molecule has 1 heterocycles. The Morgan fingerprint density at radius 1 is 0.969 bits per heavy atom. The molecule has 4 nitrogen and oxygen atoms in total. The summed E-state index contributed by atoms with van der Waals surface area (Å²) in [7, 11) is 0. The van der Waals surface area contributed by atoms with Crippen LogP contribution in [-0.4, -0.2) is 34.2 Å². The highest BCUT2D eigenvalue weighted by Gasteiger charge is 2.26. The second-order valence-electron chi connectivity index (χ2n) is 7.94. The number of carbonyl (C=O) groups excluding carboxylic acids is 2. The van der Waals surface area contributed by atoms with Crippen LogP contribution in [0.25, 0.3) is 0 Å². The minimum Gasteiger partial charge on any atom is -0.332 e. The Hall–Kier alpha value is -2.99. The van der Waals surface area contributed by atoms with Crippen LogP contribution in [0.5, 0.6) is 0 Å². The Kier molecular flexibility index (Phi) is 8.17. The van der Waals surface area contributed by atoms with Crippen LogP contribution in [0.2, 0.25) is 0 Å². The van der Waals surface area contributed by atoms with Gasteiger partial charge < -0.3 is 9.80 Å². The smallest absolute Gasteiger partial charge is 0.254 e. The van der Waals surface area contributed by atoms with Crippen molar-refractivity contribution in [2.45, 2.75) is 46.3 Å². The monoisotopic (exact) mass is 452 g/mol. The highest BCUT2D eigenvalue weighted by molar-refractivity contribution is 7.11. The summed E-state index contributed by atoms with van der Waals surface area (Å²) in [6.45, 7) is 6.89. The molecule has 0 aliphatic carbocycles. The van der Waals surface area contributed by atoms with E-state index in [0.29, 0.717) is 25.1 Å². The fraction of sp³-hybridized carbons (Fsp3) is 0.308. The summed E-state index contributed by atoms with van der Waals surface area (Å²) in [5.74, 6) is -0.775. The van der Waals surface area contributed by atoms with Gasteiger partial charge >= 0.3 is 0 Å². The average molecular weight is 453 g/mol. The molecule has 1 atom stereocenters. The lowest BCUT2D eigenvalue weighted by molar-refractivity contribution is -0.133. The molecule has 0 fully saturated rings. The molecular formula is C26H29FN2O2S. The molecule has 0 aliphatic rings. The van der Waals surface area contributed by atoms with E-state index in [-0.39, 0.29) is 24.4 Å². The lowest BCUT2D eigenvalue weighted by Gasteiger charge is -2.31. The van der Waals surface area contributed by atoms with E-state index in [1.165, 1.54) is 29.1 Å². The number of amides is 2. The van der Waals surface area contributed by atoms with Crippen LogP contribution in [0.15, 0.2) is 66.7 Å². The van der Waals surface area contributed by atoms with Crippen molar-refractivity contribution in [1.82, 2.24) is 9.80 Å². The topological polar surface area (TPSA) is 40.6 Å². The van der Waals surface area contributed by atoms with Crippen molar-refractivity contribution in [3.8, 4) is 0 Å². The van der Waals surface area contributed by atoms with Crippen LogP contribution in [0, 0.1) is 12.7 Å². The third kappa shape index (κ3) is 6.26. The predicted octanol–water partition coefficient (Wildman–Crippen LogP) is 5.67. The van der Waals surface area contributed by atoms with E-state index in [4.69, 9.17) is 0 Å². The normalized spacial score (nSPS) is 11.8. The van der Waals surface area contributed by atoms with Gasteiger partial charge in [0.25, 0.3) is 5.91 Å². The Labute approximate surface area is 193 Å². The largest absolute Gasteiger partial charge is 0.332 e. The summed E-state index contributed by atoms with van der Waals surface area (Å²) in [5.41, 5.74) is 1.41. The van der Waals surface area contributed by atoms with Gasteiger partial charge in [0.2, 0.25) is 5.91 Å². The summed E-state index contributed by atoms with van der Waals surface area (Å²) in [6.07, 6.45) is 0.711. The van der Waals surface area contributed by atoms with Gasteiger partial charge in [0.05, 0.1) is 6.54 Å². The molecule has 2 aromatic carbocycles. The van der Waals surface area contributed by atoms with Gasteiger partial charge in [-0.2, -0.15) is 0 Å². The number of halogens is 1. The highest BCUT2D eigenvalue weighted by Crippen LogP contribution is 2.20. The molecular weight excluding hydrogens is 423 g/mol. The molecule has 0 bridgehead atoms. The molecule has 1 unspecified atom stereocenters. The van der Waals surface area contributed by atoms with Crippen molar-refractivity contribution < 1.29 is 14.0 Å². The Balaban J connectivity index is 1.82. The second kappa shape index (κ2) is 11.0. The molecule has 1 aromatic heterocycles. The number of hydrogen-bond acceptors (Lipinski definition) is 3. The van der Waals surface area contributed by atoms with Crippen LogP contribution in [0.1, 0.15) is 45.9 Å². The predicted molar refractivity (Wildman–Crippen MR) is 127 cm³/mol. The first-order chi connectivity index (χ1) is 15.4. The zero-order valence-corrected chi connectivity index (χ0v) is 19.6. The first-order valence-corrected chi connectivity index (χ1v) is 11.6. The first-order valence-electron chi connectivity index (χ1n) is 10.8. The van der Waals surface area contributed by atoms with Crippen molar-refractivity contribution in [2.24, 2.45) is 0 Å². The van der Waals surface area contributed by atoms with E-state index in [9.17, 15) is 14.0 Å². The highest BCUT2D eigenvalue weighted by atomic mass is 32.1. The van der Waals surface area contributed by atoms with E-state index < -0.39 is 5.82 Å². The molecule has 0 aliphatic heterocycles. The molecule has 6 heteroatoms. The van der Waals surface area contributed by atoms with E-state index >= 15 is 0 Å². The molecule has 0 spiro atoms. The number of hydrogen-bond donors (Lipinski definition) is 0. The number of rotatable bonds is 9. The van der Waals surface area contributed by atoms with E-state index in [0.717, 1.165) is 10.4 Å². The summed E-state index contributed by atoms with van der Waals surface area (Å²) < 4.78 is 13.3. The van der Waals surface area contributed by atoms with E-state index in [2.05, 4.69) is 6.07 Å². The van der Waals surface area contributed by atoms with Crippen molar-refractivity contribution in [2.75, 3.05) is 6.54 Å². The number of aryl methyl sites for hydroxylation is 1. The van der Waals surface area contributed by atoms with Gasteiger partial charge in [-0.05, 0) is 62.2 Å². The zero-order valence-electron chi connectivity index (χ0n) is 18.8. The molecule has 0 saturated carbocycles. The maximum Gasteiger partial charge on any atom is 0.254 e. The number of nitrogens with zero attached hydrogens (tertiary/aromatic N) is 2. The van der Waals surface area contributed by atoms with Gasteiger partial charge in [-0.25, -0.2) is 4.39 Å². The van der Waals surface area contributed by atoms with Gasteiger partial charge in [-0.1, -0.05) is 37.3 Å². The van der Waals surface area contributed by atoms with Crippen molar-refractivity contribution >= 4 is 23.2 Å². The molecule has 0 N–H and O–H groups in total. The maximum atomic E-state index is 13.5. The fourth-order valence-corrected chi connectivity index (χ4v) is 4.35. The molecule has 168 valence electrons. The van der Waals surface area contributed by atoms with Crippen LogP contribution >= 0.6 is 11.3 Å². The summed E-state index contributed by atoms with van der Waals surface area (Å²) in [4.78, 5) is 32.3. The molecule has 3 rings (SSSR count). The lowest BCUT2D eigenvalue weighted by Crippen LogP contribution is -2.46. The summed E-state index contributed by atoms with van der Waals surface area (Å²) in [6, 6.07) is 19.3. The Morgan fingerprint density at radius 3 is 2.25 bits per heavy atom. The van der Waals surface area contributed by atoms with E-state index in [1.807, 2.05) is 57.2 Å². The molecule has 0 saturated heterocycles. The lowest BCUT2D eigenvalue weighted by atomic mass is 10.1. The number of carbonyl (C=O) groups is 2. The van der Waals surface area contributed by atoms with Crippen LogP contribution in [0.3, 0.4) is 0 Å². The summed E-state index contributed by atoms with van der Waals surface area (Å²) in [5, 5.41) is 0. The minimum absolute atomic E-state index is 0.0254. The van der Waals surface area contributed by atoms with Gasteiger partial charge in [0.1, 0.15) is 12.4 Å². The first kappa shape index (κ1) is 23.7. The summed E-state index contributed by atoms with van der Waals surface area (Å²) >= 11 is 1.67. The zero-order chi connectivity index (χ0) is 23.1. The fourth-order valence-electron chi connectivity index (χ4n) is 3.45. The second-order valence-corrected chi connectivity index (χ2v) is 9.32. The van der Waals surface area contributed by atoms with Gasteiger partial charge in [0.15, 0.2) is 0 Å². The quantitative estimate of drug-likeness (QED) is 0.420. The van der Waals surface area contributed by atoms with Crippen molar-refractivity contribution in [3.63, 3.8) is 0 Å². The van der Waals surface area contributed by atoms with Gasteiger partial charge in [0, 0.05) is 27.9 Å². The SMILES string of the molecule is CCC(C)N(CC(=O)N(Cc1ccccc1)Cc1ccc(C)s1)C(=O)c1ccc(F)cc1. The standard InChI is InChI=1S/C26H29FN2O2S/c1-4-19(2)29(26(31)22-11-13-23(27)14-12-22)18-25(30)28(16-21-8-6-5-7-9-21)17-24-15-10-20(3)32-24/h5-15,19H,4,16-18H2,1-3H3. The van der Waals surface area contributed by atoms with Crippen molar-refractivity contribution in [1.29, 1.82) is 0 Å². The minimum atomic E-state index is -0.395. The molecule has 3 aromatic rings. The third-order valence-corrected chi connectivity index (χ3v) is 6.48. The van der Waals surface area contributed by atoms with Crippen LogP contribution in [-0.2, 0) is 17.9 Å². The number of benzene rings is 2. The van der Waals surface area contributed by atoms with E-state index in [1.54, 1.807) is 21.1 Å². The molecule has 2 amide bonds. The Morgan fingerprint density at radius 2 is 1.66 bits per heavy atom. The number of thiophene rings is 1. The Bertz CT molecular complexity index is 1030.